The van der Waals surface area contributed by atoms with Gasteiger partial charge >= 0.3 is 0 Å². The molecule has 0 saturated carbocycles. The number of amides is 1. The van der Waals surface area contributed by atoms with E-state index >= 15 is 0 Å². The number of nitrogens with zero attached hydrogens (tertiary/aromatic N) is 6. The third kappa shape index (κ3) is 3.59. The second-order valence-corrected chi connectivity index (χ2v) is 5.94. The van der Waals surface area contributed by atoms with E-state index < -0.39 is 0 Å². The van der Waals surface area contributed by atoms with Crippen molar-refractivity contribution in [2.75, 3.05) is 0 Å². The lowest BCUT2D eigenvalue weighted by atomic mass is 10.1. The van der Waals surface area contributed by atoms with E-state index in [1.165, 1.54) is 0 Å². The molecule has 8 nitrogen and oxygen atoms in total. The highest BCUT2D eigenvalue weighted by Gasteiger charge is 2.12. The molecule has 0 radical (unpaired) electrons. The molecule has 27 heavy (non-hydrogen) atoms. The molecule has 4 rings (SSSR count). The zero-order chi connectivity index (χ0) is 18.6. The van der Waals surface area contributed by atoms with Gasteiger partial charge in [0.15, 0.2) is 0 Å². The Balaban J connectivity index is 1.51. The molecule has 0 saturated heterocycles. The first kappa shape index (κ1) is 16.6. The van der Waals surface area contributed by atoms with Crippen LogP contribution in [0.2, 0.25) is 0 Å². The summed E-state index contributed by atoms with van der Waals surface area (Å²) >= 11 is 0. The molecule has 0 aliphatic heterocycles. The normalized spacial score (nSPS) is 10.7. The Morgan fingerprint density at radius 2 is 2.00 bits per heavy atom. The highest BCUT2D eigenvalue weighted by Crippen LogP contribution is 2.18. The van der Waals surface area contributed by atoms with E-state index in [9.17, 15) is 4.79 Å². The van der Waals surface area contributed by atoms with Crippen LogP contribution in [0.3, 0.4) is 0 Å². The Labute approximate surface area is 155 Å². The average Bonchev–Trinajstić information content (AvgIpc) is 3.38. The van der Waals surface area contributed by atoms with Crippen molar-refractivity contribution in [3.63, 3.8) is 0 Å². The molecule has 0 aliphatic carbocycles. The lowest BCUT2D eigenvalue weighted by molar-refractivity contribution is 0.0950. The van der Waals surface area contributed by atoms with Crippen LogP contribution in [0.25, 0.3) is 16.9 Å². The standard InChI is InChI=1S/C19H17N7O/c1-25-13-15(11-24-25)18-17(20-7-8-21-18)12-22-19(27)14-4-2-5-16(10-14)26-9-3-6-23-26/h2-11,13H,12H2,1H3,(H,22,27). The average molecular weight is 359 g/mol. The molecule has 1 aromatic carbocycles. The van der Waals surface area contributed by atoms with Crippen molar-refractivity contribution in [1.82, 2.24) is 34.8 Å². The van der Waals surface area contributed by atoms with E-state index in [-0.39, 0.29) is 12.5 Å². The van der Waals surface area contributed by atoms with Gasteiger partial charge in [-0.15, -0.1) is 0 Å². The summed E-state index contributed by atoms with van der Waals surface area (Å²) in [6.07, 6.45) is 10.4. The van der Waals surface area contributed by atoms with Crippen molar-refractivity contribution in [1.29, 1.82) is 0 Å². The zero-order valence-electron chi connectivity index (χ0n) is 14.6. The summed E-state index contributed by atoms with van der Waals surface area (Å²) in [6, 6.07) is 9.12. The van der Waals surface area contributed by atoms with Gasteiger partial charge in [-0.3, -0.25) is 19.4 Å². The summed E-state index contributed by atoms with van der Waals surface area (Å²) in [7, 11) is 1.84. The predicted molar refractivity (Wildman–Crippen MR) is 99.0 cm³/mol. The van der Waals surface area contributed by atoms with Crippen molar-refractivity contribution in [2.45, 2.75) is 6.54 Å². The first-order valence-corrected chi connectivity index (χ1v) is 8.38. The minimum Gasteiger partial charge on any atom is -0.346 e. The Hall–Kier alpha value is -3.81. The van der Waals surface area contributed by atoms with Crippen LogP contribution in [-0.4, -0.2) is 35.4 Å². The number of hydrogen-bond donors (Lipinski definition) is 1. The van der Waals surface area contributed by atoms with Gasteiger partial charge in [0.05, 0.1) is 29.8 Å². The molecule has 4 aromatic rings. The van der Waals surface area contributed by atoms with Crippen LogP contribution in [0.4, 0.5) is 0 Å². The van der Waals surface area contributed by atoms with Gasteiger partial charge in [-0.2, -0.15) is 10.2 Å². The van der Waals surface area contributed by atoms with E-state index in [4.69, 9.17) is 0 Å². The first-order chi connectivity index (χ1) is 13.2. The maximum Gasteiger partial charge on any atom is 0.251 e. The lowest BCUT2D eigenvalue weighted by Crippen LogP contribution is -2.24. The second kappa shape index (κ2) is 7.20. The summed E-state index contributed by atoms with van der Waals surface area (Å²) in [6.45, 7) is 0.267. The van der Waals surface area contributed by atoms with Gasteiger partial charge in [0, 0.05) is 49.2 Å². The fraction of sp³-hybridized carbons (Fsp3) is 0.105. The van der Waals surface area contributed by atoms with Gasteiger partial charge in [0.2, 0.25) is 0 Å². The first-order valence-electron chi connectivity index (χ1n) is 8.38. The molecule has 0 spiro atoms. The number of carbonyl (C=O) groups is 1. The van der Waals surface area contributed by atoms with Crippen molar-refractivity contribution >= 4 is 5.91 Å². The van der Waals surface area contributed by atoms with Gasteiger partial charge in [-0.25, -0.2) is 4.68 Å². The number of rotatable bonds is 5. The molecule has 8 heteroatoms. The van der Waals surface area contributed by atoms with Gasteiger partial charge in [0.25, 0.3) is 5.91 Å². The van der Waals surface area contributed by atoms with Crippen LogP contribution in [-0.2, 0) is 13.6 Å². The van der Waals surface area contributed by atoms with E-state index in [0.29, 0.717) is 17.0 Å². The number of nitrogens with one attached hydrogen (secondary N) is 1. The number of carbonyl (C=O) groups excluding carboxylic acids is 1. The molecular formula is C19H17N7O. The largest absolute Gasteiger partial charge is 0.346 e. The fourth-order valence-corrected chi connectivity index (χ4v) is 2.76. The summed E-state index contributed by atoms with van der Waals surface area (Å²) in [5, 5.41) is 11.3. The maximum absolute atomic E-state index is 12.6. The van der Waals surface area contributed by atoms with Crippen molar-refractivity contribution in [3.05, 3.63) is 78.8 Å². The molecule has 134 valence electrons. The minimum atomic E-state index is -0.188. The Morgan fingerprint density at radius 3 is 2.78 bits per heavy atom. The van der Waals surface area contributed by atoms with Gasteiger partial charge in [0.1, 0.15) is 0 Å². The molecule has 0 bridgehead atoms. The number of benzene rings is 1. The summed E-state index contributed by atoms with van der Waals surface area (Å²) in [5.41, 5.74) is 3.62. The van der Waals surface area contributed by atoms with E-state index in [1.807, 2.05) is 37.6 Å². The molecule has 3 heterocycles. The molecule has 1 amide bonds. The van der Waals surface area contributed by atoms with Crippen LogP contribution in [0.5, 0.6) is 0 Å². The zero-order valence-corrected chi connectivity index (χ0v) is 14.6. The monoisotopic (exact) mass is 359 g/mol. The van der Waals surface area contributed by atoms with E-state index in [1.54, 1.807) is 46.3 Å². The molecule has 0 unspecified atom stereocenters. The maximum atomic E-state index is 12.6. The minimum absolute atomic E-state index is 0.188. The Morgan fingerprint density at radius 1 is 1.11 bits per heavy atom. The predicted octanol–water partition coefficient (Wildman–Crippen LogP) is 1.99. The van der Waals surface area contributed by atoms with Crippen molar-refractivity contribution < 1.29 is 4.79 Å². The molecule has 0 aliphatic rings. The van der Waals surface area contributed by atoms with Gasteiger partial charge in [-0.05, 0) is 24.3 Å². The van der Waals surface area contributed by atoms with Crippen LogP contribution in [0.15, 0.2) is 67.5 Å². The fourth-order valence-electron chi connectivity index (χ4n) is 2.76. The third-order valence-corrected chi connectivity index (χ3v) is 4.05. The van der Waals surface area contributed by atoms with Crippen molar-refractivity contribution in [3.8, 4) is 16.9 Å². The van der Waals surface area contributed by atoms with E-state index in [2.05, 4.69) is 25.5 Å². The molecule has 3 aromatic heterocycles. The second-order valence-electron chi connectivity index (χ2n) is 5.94. The SMILES string of the molecule is Cn1cc(-c2nccnc2CNC(=O)c2cccc(-n3cccn3)c2)cn1. The lowest BCUT2D eigenvalue weighted by Gasteiger charge is -2.09. The van der Waals surface area contributed by atoms with E-state index in [0.717, 1.165) is 11.3 Å². The summed E-state index contributed by atoms with van der Waals surface area (Å²) in [4.78, 5) is 21.3. The Bertz CT molecular complexity index is 1070. The highest BCUT2D eigenvalue weighted by atomic mass is 16.1. The highest BCUT2D eigenvalue weighted by molar-refractivity contribution is 5.94. The third-order valence-electron chi connectivity index (χ3n) is 4.05. The van der Waals surface area contributed by atoms with Crippen LogP contribution >= 0.6 is 0 Å². The Kier molecular flexibility index (Phi) is 4.44. The summed E-state index contributed by atoms with van der Waals surface area (Å²) < 4.78 is 3.41. The molecular weight excluding hydrogens is 342 g/mol. The van der Waals surface area contributed by atoms with Crippen molar-refractivity contribution in [2.24, 2.45) is 7.05 Å². The molecule has 1 N–H and O–H groups in total. The van der Waals surface area contributed by atoms with Crippen LogP contribution in [0.1, 0.15) is 16.1 Å². The molecule has 0 fully saturated rings. The topological polar surface area (TPSA) is 90.5 Å². The smallest absolute Gasteiger partial charge is 0.251 e. The van der Waals surface area contributed by atoms with Crippen LogP contribution in [0, 0.1) is 0 Å². The quantitative estimate of drug-likeness (QED) is 0.588. The number of aromatic nitrogens is 6. The number of hydrogen-bond acceptors (Lipinski definition) is 5. The van der Waals surface area contributed by atoms with Gasteiger partial charge < -0.3 is 5.32 Å². The summed E-state index contributed by atoms with van der Waals surface area (Å²) in [5.74, 6) is -0.188. The molecule has 0 atom stereocenters. The van der Waals surface area contributed by atoms with Gasteiger partial charge in [-0.1, -0.05) is 6.07 Å². The van der Waals surface area contributed by atoms with Crippen LogP contribution < -0.4 is 5.32 Å². The number of aryl methyl sites for hydroxylation is 1.